The Kier molecular flexibility index (Phi) is 2.27. The van der Waals surface area contributed by atoms with Gasteiger partial charge < -0.3 is 4.74 Å². The van der Waals surface area contributed by atoms with Crippen molar-refractivity contribution in [2.75, 3.05) is 0 Å². The van der Waals surface area contributed by atoms with E-state index in [1.54, 1.807) is 0 Å². The fourth-order valence-corrected chi connectivity index (χ4v) is 2.10. The lowest BCUT2D eigenvalue weighted by Gasteiger charge is -2.30. The van der Waals surface area contributed by atoms with Crippen LogP contribution in [0.1, 0.15) is 30.5 Å². The zero-order chi connectivity index (χ0) is 11.9. The van der Waals surface area contributed by atoms with Gasteiger partial charge in [0.05, 0.1) is 11.6 Å². The number of fused-ring (bicyclic) bond motifs is 1. The van der Waals surface area contributed by atoms with Crippen LogP contribution in [-0.4, -0.2) is 5.60 Å². The predicted octanol–water partition coefficient (Wildman–Crippen LogP) is 3.38. The van der Waals surface area contributed by atoms with Crippen molar-refractivity contribution in [3.05, 3.63) is 34.9 Å². The Balaban J connectivity index is 2.70. The second-order valence-corrected chi connectivity index (χ2v) is 4.83. The average Bonchev–Trinajstić information content (AvgIpc) is 2.18. The van der Waals surface area contributed by atoms with Gasteiger partial charge in [0.15, 0.2) is 0 Å². The van der Waals surface area contributed by atoms with E-state index < -0.39 is 5.60 Å². The third-order valence-corrected chi connectivity index (χ3v) is 2.69. The molecule has 2 rings (SSSR count). The fraction of sp³-hybridized carbons (Fsp3) is 0.357. The summed E-state index contributed by atoms with van der Waals surface area (Å²) in [4.78, 5) is 0. The highest BCUT2D eigenvalue weighted by atomic mass is 16.5. The first-order valence-electron chi connectivity index (χ1n) is 5.36. The van der Waals surface area contributed by atoms with Gasteiger partial charge in [-0.2, -0.15) is 5.26 Å². The molecule has 82 valence electrons. The molecule has 1 aliphatic heterocycles. The van der Waals surface area contributed by atoms with Gasteiger partial charge in [0.2, 0.25) is 0 Å². The Labute approximate surface area is 96.2 Å². The van der Waals surface area contributed by atoms with E-state index in [2.05, 4.69) is 12.1 Å². The van der Waals surface area contributed by atoms with Crippen LogP contribution in [0.2, 0.25) is 0 Å². The summed E-state index contributed by atoms with van der Waals surface area (Å²) in [7, 11) is 0. The summed E-state index contributed by atoms with van der Waals surface area (Å²) >= 11 is 0. The molecule has 2 heteroatoms. The highest BCUT2D eigenvalue weighted by Crippen LogP contribution is 2.38. The van der Waals surface area contributed by atoms with Gasteiger partial charge in [-0.25, -0.2) is 0 Å². The zero-order valence-electron chi connectivity index (χ0n) is 10.1. The third-order valence-electron chi connectivity index (χ3n) is 2.69. The molecule has 0 saturated carbocycles. The molecule has 1 aromatic rings. The van der Waals surface area contributed by atoms with E-state index in [1.807, 2.05) is 39.8 Å². The molecule has 0 saturated heterocycles. The highest BCUT2D eigenvalue weighted by molar-refractivity contribution is 5.83. The maximum absolute atomic E-state index is 9.18. The van der Waals surface area contributed by atoms with Gasteiger partial charge in [0.25, 0.3) is 0 Å². The van der Waals surface area contributed by atoms with E-state index in [0.717, 1.165) is 22.4 Å². The molecule has 0 fully saturated rings. The van der Waals surface area contributed by atoms with Gasteiger partial charge in [-0.15, -0.1) is 0 Å². The van der Waals surface area contributed by atoms with Crippen molar-refractivity contribution < 1.29 is 4.74 Å². The van der Waals surface area contributed by atoms with Crippen LogP contribution in [0.15, 0.2) is 18.2 Å². The molecule has 2 nitrogen and oxygen atoms in total. The van der Waals surface area contributed by atoms with Crippen LogP contribution in [0.5, 0.6) is 5.75 Å². The quantitative estimate of drug-likeness (QED) is 0.661. The maximum atomic E-state index is 9.18. The second kappa shape index (κ2) is 3.38. The number of rotatable bonds is 0. The van der Waals surface area contributed by atoms with Crippen molar-refractivity contribution >= 4 is 5.57 Å². The monoisotopic (exact) mass is 213 g/mol. The molecule has 0 amide bonds. The van der Waals surface area contributed by atoms with Crippen molar-refractivity contribution in [3.63, 3.8) is 0 Å². The standard InChI is InChI=1S/C14H15NO/c1-9-5-10(2)13-12(6-9)11(8-15)7-14(3,4)16-13/h5-7H,1-4H3. The Hall–Kier alpha value is -1.75. The van der Waals surface area contributed by atoms with Gasteiger partial charge in [-0.1, -0.05) is 6.07 Å². The lowest BCUT2D eigenvalue weighted by Crippen LogP contribution is -2.29. The first-order chi connectivity index (χ1) is 7.43. The van der Waals surface area contributed by atoms with Gasteiger partial charge in [-0.3, -0.25) is 0 Å². The molecule has 0 aromatic heterocycles. The van der Waals surface area contributed by atoms with Gasteiger partial charge in [-0.05, 0) is 51.0 Å². The van der Waals surface area contributed by atoms with Crippen LogP contribution >= 0.6 is 0 Å². The third kappa shape index (κ3) is 1.69. The fourth-order valence-electron chi connectivity index (χ4n) is 2.10. The lowest BCUT2D eigenvalue weighted by molar-refractivity contribution is 0.157. The van der Waals surface area contributed by atoms with Crippen LogP contribution in [0, 0.1) is 25.2 Å². The zero-order valence-corrected chi connectivity index (χ0v) is 10.1. The summed E-state index contributed by atoms with van der Waals surface area (Å²) in [5.41, 5.74) is 3.46. The van der Waals surface area contributed by atoms with Crippen molar-refractivity contribution in [2.24, 2.45) is 0 Å². The molecule has 0 aliphatic carbocycles. The Morgan fingerprint density at radius 1 is 1.25 bits per heavy atom. The van der Waals surface area contributed by atoms with Gasteiger partial charge in [0.1, 0.15) is 11.4 Å². The molecule has 0 N–H and O–H groups in total. The molecule has 0 unspecified atom stereocenters. The van der Waals surface area contributed by atoms with E-state index >= 15 is 0 Å². The van der Waals surface area contributed by atoms with Gasteiger partial charge in [0, 0.05) is 5.56 Å². The molecule has 1 aliphatic rings. The number of ether oxygens (including phenoxy) is 1. The van der Waals surface area contributed by atoms with Crippen molar-refractivity contribution in [3.8, 4) is 11.8 Å². The Bertz CT molecular complexity index is 518. The van der Waals surface area contributed by atoms with Crippen LogP contribution in [0.4, 0.5) is 0 Å². The average molecular weight is 213 g/mol. The van der Waals surface area contributed by atoms with Crippen LogP contribution in [0.3, 0.4) is 0 Å². The van der Waals surface area contributed by atoms with E-state index in [9.17, 15) is 5.26 Å². The summed E-state index contributed by atoms with van der Waals surface area (Å²) in [6, 6.07) is 6.34. The van der Waals surface area contributed by atoms with Crippen LogP contribution in [0.25, 0.3) is 5.57 Å². The van der Waals surface area contributed by atoms with Crippen LogP contribution in [-0.2, 0) is 0 Å². The number of hydrogen-bond acceptors (Lipinski definition) is 2. The summed E-state index contributed by atoms with van der Waals surface area (Å²) in [5, 5.41) is 9.18. The maximum Gasteiger partial charge on any atom is 0.132 e. The summed E-state index contributed by atoms with van der Waals surface area (Å²) in [5.74, 6) is 0.842. The number of nitrogens with zero attached hydrogens (tertiary/aromatic N) is 1. The van der Waals surface area contributed by atoms with Crippen molar-refractivity contribution in [1.82, 2.24) is 0 Å². The van der Waals surface area contributed by atoms with E-state index in [4.69, 9.17) is 4.74 Å². The summed E-state index contributed by atoms with van der Waals surface area (Å²) < 4.78 is 5.91. The van der Waals surface area contributed by atoms with E-state index in [1.165, 1.54) is 0 Å². The topological polar surface area (TPSA) is 33.0 Å². The number of hydrogen-bond donors (Lipinski definition) is 0. The second-order valence-electron chi connectivity index (χ2n) is 4.83. The first-order valence-corrected chi connectivity index (χ1v) is 5.36. The molecular weight excluding hydrogens is 198 g/mol. The highest BCUT2D eigenvalue weighted by Gasteiger charge is 2.27. The molecule has 1 heterocycles. The van der Waals surface area contributed by atoms with Crippen LogP contribution < -0.4 is 4.74 Å². The Morgan fingerprint density at radius 2 is 1.94 bits per heavy atom. The first kappa shape index (κ1) is 10.8. The van der Waals surface area contributed by atoms with Crippen molar-refractivity contribution in [2.45, 2.75) is 33.3 Å². The molecule has 0 spiro atoms. The molecule has 16 heavy (non-hydrogen) atoms. The molecule has 0 bridgehead atoms. The minimum atomic E-state index is -0.405. The smallest absolute Gasteiger partial charge is 0.132 e. The largest absolute Gasteiger partial charge is 0.483 e. The number of allylic oxidation sites excluding steroid dienone is 1. The molecular formula is C14H15NO. The van der Waals surface area contributed by atoms with Gasteiger partial charge >= 0.3 is 0 Å². The summed E-state index contributed by atoms with van der Waals surface area (Å²) in [6.45, 7) is 7.98. The van der Waals surface area contributed by atoms with E-state index in [-0.39, 0.29) is 0 Å². The summed E-state index contributed by atoms with van der Waals surface area (Å²) in [6.07, 6.45) is 1.88. The minimum absolute atomic E-state index is 0.405. The predicted molar refractivity (Wildman–Crippen MR) is 64.2 cm³/mol. The van der Waals surface area contributed by atoms with Crippen molar-refractivity contribution in [1.29, 1.82) is 5.26 Å². The normalized spacial score (nSPS) is 16.8. The number of nitriles is 1. The SMILES string of the molecule is Cc1cc(C)c2c(c1)C(C#N)=CC(C)(C)O2. The lowest BCUT2D eigenvalue weighted by atomic mass is 9.92. The molecule has 0 radical (unpaired) electrons. The molecule has 0 atom stereocenters. The number of aryl methyl sites for hydroxylation is 2. The number of benzene rings is 1. The molecule has 1 aromatic carbocycles. The van der Waals surface area contributed by atoms with E-state index in [0.29, 0.717) is 5.57 Å². The minimum Gasteiger partial charge on any atom is -0.483 e. The Morgan fingerprint density at radius 3 is 2.56 bits per heavy atom.